The monoisotopic (exact) mass is 223 g/mol. The van der Waals surface area contributed by atoms with Gasteiger partial charge < -0.3 is 15.6 Å². The van der Waals surface area contributed by atoms with E-state index >= 15 is 0 Å². The SMILES string of the molecule is CCc1ccccc1OCC(N)CC(=O)O. The van der Waals surface area contributed by atoms with Crippen LogP contribution in [0.2, 0.25) is 0 Å². The quantitative estimate of drug-likeness (QED) is 0.765. The third kappa shape index (κ3) is 3.90. The molecule has 0 aromatic heterocycles. The lowest BCUT2D eigenvalue weighted by atomic mass is 10.1. The second kappa shape index (κ2) is 6.12. The number of carboxylic acids is 1. The van der Waals surface area contributed by atoms with Crippen LogP contribution >= 0.6 is 0 Å². The number of nitrogens with two attached hydrogens (primary N) is 1. The number of aliphatic carboxylic acids is 1. The molecule has 0 spiro atoms. The van der Waals surface area contributed by atoms with Gasteiger partial charge in [-0.25, -0.2) is 0 Å². The molecule has 1 aromatic rings. The summed E-state index contributed by atoms with van der Waals surface area (Å²) < 4.78 is 5.50. The molecular weight excluding hydrogens is 206 g/mol. The molecule has 0 heterocycles. The highest BCUT2D eigenvalue weighted by Gasteiger charge is 2.09. The van der Waals surface area contributed by atoms with Gasteiger partial charge in [0.2, 0.25) is 0 Å². The predicted molar refractivity (Wildman–Crippen MR) is 61.5 cm³/mol. The molecule has 0 amide bonds. The first kappa shape index (κ1) is 12.5. The molecule has 0 aliphatic rings. The number of aryl methyl sites for hydroxylation is 1. The minimum atomic E-state index is -0.903. The lowest BCUT2D eigenvalue weighted by Crippen LogP contribution is -2.30. The van der Waals surface area contributed by atoms with Crippen LogP contribution in [0.5, 0.6) is 5.75 Å². The zero-order chi connectivity index (χ0) is 12.0. The maximum Gasteiger partial charge on any atom is 0.305 e. The number of hydrogen-bond donors (Lipinski definition) is 2. The van der Waals surface area contributed by atoms with Crippen molar-refractivity contribution in [1.82, 2.24) is 0 Å². The first-order valence-corrected chi connectivity index (χ1v) is 5.31. The number of rotatable bonds is 6. The minimum Gasteiger partial charge on any atom is -0.492 e. The molecular formula is C12H17NO3. The summed E-state index contributed by atoms with van der Waals surface area (Å²) in [7, 11) is 0. The maximum absolute atomic E-state index is 10.4. The summed E-state index contributed by atoms with van der Waals surface area (Å²) in [4.78, 5) is 10.4. The lowest BCUT2D eigenvalue weighted by molar-refractivity contribution is -0.137. The van der Waals surface area contributed by atoms with Crippen molar-refractivity contribution in [1.29, 1.82) is 0 Å². The van der Waals surface area contributed by atoms with Gasteiger partial charge in [-0.15, -0.1) is 0 Å². The molecule has 88 valence electrons. The molecule has 1 atom stereocenters. The first-order valence-electron chi connectivity index (χ1n) is 5.31. The molecule has 4 nitrogen and oxygen atoms in total. The van der Waals surface area contributed by atoms with Crippen molar-refractivity contribution in [3.63, 3.8) is 0 Å². The normalized spacial score (nSPS) is 12.1. The van der Waals surface area contributed by atoms with Crippen LogP contribution in [0.3, 0.4) is 0 Å². The van der Waals surface area contributed by atoms with Gasteiger partial charge in [0.15, 0.2) is 0 Å². The van der Waals surface area contributed by atoms with E-state index in [2.05, 4.69) is 0 Å². The van der Waals surface area contributed by atoms with E-state index in [1.165, 1.54) is 0 Å². The van der Waals surface area contributed by atoms with Gasteiger partial charge in [-0.05, 0) is 18.1 Å². The van der Waals surface area contributed by atoms with Crippen LogP contribution in [0.25, 0.3) is 0 Å². The molecule has 0 fully saturated rings. The number of para-hydroxylation sites is 1. The molecule has 0 aliphatic heterocycles. The Kier molecular flexibility index (Phi) is 4.79. The van der Waals surface area contributed by atoms with Gasteiger partial charge in [-0.3, -0.25) is 4.79 Å². The van der Waals surface area contributed by atoms with E-state index in [9.17, 15) is 4.79 Å². The highest BCUT2D eigenvalue weighted by Crippen LogP contribution is 2.18. The predicted octanol–water partition coefficient (Wildman–Crippen LogP) is 1.43. The summed E-state index contributed by atoms with van der Waals surface area (Å²) in [6.45, 7) is 2.27. The number of hydrogen-bond acceptors (Lipinski definition) is 3. The summed E-state index contributed by atoms with van der Waals surface area (Å²) >= 11 is 0. The Morgan fingerprint density at radius 1 is 1.50 bits per heavy atom. The fourth-order valence-corrected chi connectivity index (χ4v) is 1.42. The van der Waals surface area contributed by atoms with E-state index in [-0.39, 0.29) is 13.0 Å². The van der Waals surface area contributed by atoms with Crippen molar-refractivity contribution in [2.75, 3.05) is 6.61 Å². The number of ether oxygens (including phenoxy) is 1. The van der Waals surface area contributed by atoms with E-state index in [0.717, 1.165) is 17.7 Å². The van der Waals surface area contributed by atoms with Gasteiger partial charge in [0.25, 0.3) is 0 Å². The largest absolute Gasteiger partial charge is 0.492 e. The Hall–Kier alpha value is -1.55. The molecule has 3 N–H and O–H groups in total. The highest BCUT2D eigenvalue weighted by molar-refractivity contribution is 5.67. The standard InChI is InChI=1S/C12H17NO3/c1-2-9-5-3-4-6-11(9)16-8-10(13)7-12(14)15/h3-6,10H,2,7-8,13H2,1H3,(H,14,15). The van der Waals surface area contributed by atoms with Gasteiger partial charge in [0.05, 0.1) is 6.42 Å². The van der Waals surface area contributed by atoms with Gasteiger partial charge >= 0.3 is 5.97 Å². The Morgan fingerprint density at radius 3 is 2.81 bits per heavy atom. The molecule has 1 aromatic carbocycles. The first-order chi connectivity index (χ1) is 7.63. The minimum absolute atomic E-state index is 0.0751. The van der Waals surface area contributed by atoms with Gasteiger partial charge in [0.1, 0.15) is 12.4 Å². The van der Waals surface area contributed by atoms with Crippen LogP contribution < -0.4 is 10.5 Å². The average Bonchev–Trinajstić information content (AvgIpc) is 2.26. The Labute approximate surface area is 95.0 Å². The zero-order valence-electron chi connectivity index (χ0n) is 9.35. The third-order valence-corrected chi connectivity index (χ3v) is 2.24. The van der Waals surface area contributed by atoms with Gasteiger partial charge in [-0.2, -0.15) is 0 Å². The van der Waals surface area contributed by atoms with Crippen LogP contribution in [-0.2, 0) is 11.2 Å². The molecule has 0 saturated heterocycles. The third-order valence-electron chi connectivity index (χ3n) is 2.24. The van der Waals surface area contributed by atoms with Crippen molar-refractivity contribution in [3.05, 3.63) is 29.8 Å². The van der Waals surface area contributed by atoms with Crippen LogP contribution in [0.4, 0.5) is 0 Å². The van der Waals surface area contributed by atoms with E-state index in [1.807, 2.05) is 31.2 Å². The summed E-state index contributed by atoms with van der Waals surface area (Å²) in [5, 5.41) is 8.55. The van der Waals surface area contributed by atoms with Crippen molar-refractivity contribution in [2.24, 2.45) is 5.73 Å². The van der Waals surface area contributed by atoms with Crippen molar-refractivity contribution in [3.8, 4) is 5.75 Å². The fourth-order valence-electron chi connectivity index (χ4n) is 1.42. The second-order valence-electron chi connectivity index (χ2n) is 3.63. The molecule has 16 heavy (non-hydrogen) atoms. The molecule has 0 aliphatic carbocycles. The second-order valence-corrected chi connectivity index (χ2v) is 3.63. The van der Waals surface area contributed by atoms with E-state index in [4.69, 9.17) is 15.6 Å². The maximum atomic E-state index is 10.4. The van der Waals surface area contributed by atoms with Crippen LogP contribution in [-0.4, -0.2) is 23.7 Å². The number of carbonyl (C=O) groups is 1. The lowest BCUT2D eigenvalue weighted by Gasteiger charge is -2.13. The molecule has 1 rings (SSSR count). The van der Waals surface area contributed by atoms with Crippen LogP contribution in [0.1, 0.15) is 18.9 Å². The van der Waals surface area contributed by atoms with E-state index in [0.29, 0.717) is 0 Å². The van der Waals surface area contributed by atoms with Crippen LogP contribution in [0.15, 0.2) is 24.3 Å². The highest BCUT2D eigenvalue weighted by atomic mass is 16.5. The average molecular weight is 223 g/mol. The smallest absolute Gasteiger partial charge is 0.305 e. The summed E-state index contributed by atoms with van der Waals surface area (Å²) in [6, 6.07) is 7.21. The topological polar surface area (TPSA) is 72.5 Å². The van der Waals surface area contributed by atoms with E-state index < -0.39 is 12.0 Å². The van der Waals surface area contributed by atoms with Crippen molar-refractivity contribution < 1.29 is 14.6 Å². The molecule has 4 heteroatoms. The van der Waals surface area contributed by atoms with Crippen molar-refractivity contribution in [2.45, 2.75) is 25.8 Å². The van der Waals surface area contributed by atoms with Gasteiger partial charge in [0, 0.05) is 6.04 Å². The Balaban J connectivity index is 2.50. The molecule has 1 unspecified atom stereocenters. The van der Waals surface area contributed by atoms with Crippen molar-refractivity contribution >= 4 is 5.97 Å². The number of benzene rings is 1. The molecule has 0 bridgehead atoms. The Bertz CT molecular complexity index is 352. The zero-order valence-corrected chi connectivity index (χ0v) is 9.35. The molecule has 0 saturated carbocycles. The summed E-state index contributed by atoms with van der Waals surface area (Å²) in [6.07, 6.45) is 0.804. The molecule has 0 radical (unpaired) electrons. The van der Waals surface area contributed by atoms with E-state index in [1.54, 1.807) is 0 Å². The Morgan fingerprint density at radius 2 is 2.19 bits per heavy atom. The fraction of sp³-hybridized carbons (Fsp3) is 0.417. The van der Waals surface area contributed by atoms with Gasteiger partial charge in [-0.1, -0.05) is 25.1 Å². The summed E-state index contributed by atoms with van der Waals surface area (Å²) in [5.74, 6) is -0.120. The number of carboxylic acid groups (broad SMARTS) is 1. The van der Waals surface area contributed by atoms with Crippen LogP contribution in [0, 0.1) is 0 Å². The summed E-state index contributed by atoms with van der Waals surface area (Å²) in [5.41, 5.74) is 6.71.